The molecule has 1 saturated heterocycles. The number of thiazole rings is 1. The third kappa shape index (κ3) is 7.96. The Hall–Kier alpha value is -4.62. The molecule has 0 radical (unpaired) electrons. The molecule has 0 unspecified atom stereocenters. The van der Waals surface area contributed by atoms with Gasteiger partial charge in [-0.15, -0.1) is 0 Å². The van der Waals surface area contributed by atoms with Crippen molar-refractivity contribution in [3.8, 4) is 12.1 Å². The average molecular weight is 565 g/mol. The van der Waals surface area contributed by atoms with Gasteiger partial charge in [0.15, 0.2) is 5.57 Å². The second-order valence-electron chi connectivity index (χ2n) is 9.65. The van der Waals surface area contributed by atoms with E-state index in [-0.39, 0.29) is 17.7 Å². The van der Waals surface area contributed by atoms with Crippen LogP contribution in [0, 0.1) is 22.7 Å². The maximum atomic E-state index is 12.8. The van der Waals surface area contributed by atoms with Crippen LogP contribution in [0.25, 0.3) is 11.5 Å². The molecule has 0 bridgehead atoms. The van der Waals surface area contributed by atoms with E-state index in [2.05, 4.69) is 69.5 Å². The number of rotatable bonds is 9. The minimum atomic E-state index is -0.711. The lowest BCUT2D eigenvalue weighted by atomic mass is 9.89. The molecule has 1 aliphatic rings. The van der Waals surface area contributed by atoms with Crippen LogP contribution in [0.15, 0.2) is 71.2 Å². The molecule has 0 aliphatic carbocycles. The minimum absolute atomic E-state index is 0.223. The molecule has 0 saturated carbocycles. The van der Waals surface area contributed by atoms with Crippen LogP contribution in [0.1, 0.15) is 36.8 Å². The Balaban J connectivity index is 1.42. The number of anilines is 1. The van der Waals surface area contributed by atoms with Crippen molar-refractivity contribution in [1.82, 2.24) is 14.8 Å². The molecule has 1 fully saturated rings. The Labute approximate surface area is 243 Å². The third-order valence-corrected chi connectivity index (χ3v) is 8.06. The van der Waals surface area contributed by atoms with Crippen molar-refractivity contribution in [2.75, 3.05) is 31.5 Å². The molecule has 1 amide bonds. The first-order chi connectivity index (χ1) is 20.0. The number of benzene rings is 2. The topological polar surface area (TPSA) is 114 Å². The summed E-state index contributed by atoms with van der Waals surface area (Å²) in [6.07, 6.45) is 4.94. The standard InChI is InChI=1S/C32H32N6O2S/c1-2-38-30(22-27(23-34)31(39)36-17-15-33)41-29(32(38)40)11-16-35-28-10-6-7-24(21-28)12-18-37-19-13-26(14-20-37)25-8-4-3-5-9-25/h3-10,16,21,26,35H,2,12-14,17-20H2,1H3,(H,36,39). The van der Waals surface area contributed by atoms with Crippen LogP contribution in [0.4, 0.5) is 5.69 Å². The number of hydrogen-bond acceptors (Lipinski definition) is 7. The molecule has 0 spiro atoms. The molecular weight excluding hydrogens is 532 g/mol. The average Bonchev–Trinajstić information content (AvgIpc) is 3.31. The number of piperidine rings is 1. The van der Waals surface area contributed by atoms with E-state index in [9.17, 15) is 14.9 Å². The predicted octanol–water partition coefficient (Wildman–Crippen LogP) is 2.83. The van der Waals surface area contributed by atoms with Crippen molar-refractivity contribution in [3.05, 3.63) is 97.0 Å². The number of hydrogen-bond donors (Lipinski definition) is 2. The molecule has 2 N–H and O–H groups in total. The lowest BCUT2D eigenvalue weighted by molar-refractivity contribution is -0.116. The Morgan fingerprint density at radius 1 is 1.12 bits per heavy atom. The fraction of sp³-hybridized carbons (Fsp3) is 0.312. The maximum absolute atomic E-state index is 12.8. The molecule has 9 heteroatoms. The Kier molecular flexibility index (Phi) is 10.5. The molecule has 2 heterocycles. The zero-order valence-electron chi connectivity index (χ0n) is 23.0. The first-order valence-corrected chi connectivity index (χ1v) is 14.5. The van der Waals surface area contributed by atoms with Crippen molar-refractivity contribution in [1.29, 1.82) is 10.5 Å². The van der Waals surface area contributed by atoms with E-state index < -0.39 is 5.91 Å². The van der Waals surface area contributed by atoms with Gasteiger partial charge in [0.25, 0.3) is 11.5 Å². The smallest absolute Gasteiger partial charge is 0.277 e. The lowest BCUT2D eigenvalue weighted by Gasteiger charge is -2.32. The lowest BCUT2D eigenvalue weighted by Crippen LogP contribution is -2.34. The van der Waals surface area contributed by atoms with Gasteiger partial charge in [-0.2, -0.15) is 10.5 Å². The fourth-order valence-electron chi connectivity index (χ4n) is 4.84. The van der Waals surface area contributed by atoms with Gasteiger partial charge in [-0.25, -0.2) is 0 Å². The zero-order valence-corrected chi connectivity index (χ0v) is 23.8. The molecule has 1 aliphatic heterocycles. The molecule has 1 aromatic heterocycles. The molecule has 208 valence electrons. The number of nitriles is 2. The summed E-state index contributed by atoms with van der Waals surface area (Å²) in [5.74, 6) is -0.0584. The molecule has 4 rings (SSSR count). The Bertz CT molecular complexity index is 1710. The van der Waals surface area contributed by atoms with Crippen LogP contribution >= 0.6 is 11.3 Å². The van der Waals surface area contributed by atoms with Gasteiger partial charge in [-0.1, -0.05) is 65.3 Å². The first kappa shape index (κ1) is 29.4. The summed E-state index contributed by atoms with van der Waals surface area (Å²) in [4.78, 5) is 27.5. The van der Waals surface area contributed by atoms with Crippen LogP contribution in [0.5, 0.6) is 0 Å². The van der Waals surface area contributed by atoms with Crippen LogP contribution in [0.2, 0.25) is 0 Å². The van der Waals surface area contributed by atoms with Crippen LogP contribution < -0.4 is 25.4 Å². The fourth-order valence-corrected chi connectivity index (χ4v) is 5.82. The number of amides is 1. The van der Waals surface area contributed by atoms with Gasteiger partial charge in [-0.3, -0.25) is 14.2 Å². The molecule has 41 heavy (non-hydrogen) atoms. The molecule has 2 aromatic carbocycles. The summed E-state index contributed by atoms with van der Waals surface area (Å²) >= 11 is 1.09. The Morgan fingerprint density at radius 2 is 1.90 bits per heavy atom. The van der Waals surface area contributed by atoms with Crippen molar-refractivity contribution in [3.63, 3.8) is 0 Å². The summed E-state index contributed by atoms with van der Waals surface area (Å²) in [6, 6.07) is 22.6. The molecule has 8 nitrogen and oxygen atoms in total. The van der Waals surface area contributed by atoms with Gasteiger partial charge >= 0.3 is 0 Å². The van der Waals surface area contributed by atoms with E-state index in [1.54, 1.807) is 25.3 Å². The summed E-state index contributed by atoms with van der Waals surface area (Å²) in [5.41, 5.74) is 8.73. The molecule has 3 aromatic rings. The highest BCUT2D eigenvalue weighted by Gasteiger charge is 2.20. The van der Waals surface area contributed by atoms with Gasteiger partial charge in [0.2, 0.25) is 0 Å². The molecule has 0 atom stereocenters. The third-order valence-electron chi connectivity index (χ3n) is 7.04. The normalized spacial score (nSPS) is 13.2. The van der Waals surface area contributed by atoms with E-state index >= 15 is 0 Å². The van der Waals surface area contributed by atoms with Gasteiger partial charge in [0.1, 0.15) is 21.8 Å². The first-order valence-electron chi connectivity index (χ1n) is 13.7. The van der Waals surface area contributed by atoms with Gasteiger partial charge < -0.3 is 15.5 Å². The van der Waals surface area contributed by atoms with Crippen molar-refractivity contribution in [2.45, 2.75) is 38.6 Å². The van der Waals surface area contributed by atoms with E-state index in [0.717, 1.165) is 43.1 Å². The van der Waals surface area contributed by atoms with Crippen molar-refractivity contribution < 1.29 is 4.79 Å². The highest BCUT2D eigenvalue weighted by molar-refractivity contribution is 7.07. The zero-order chi connectivity index (χ0) is 29.0. The summed E-state index contributed by atoms with van der Waals surface area (Å²) in [7, 11) is 0. The van der Waals surface area contributed by atoms with Crippen LogP contribution in [-0.2, 0) is 17.8 Å². The second-order valence-corrected chi connectivity index (χ2v) is 10.6. The van der Waals surface area contributed by atoms with Gasteiger partial charge in [0, 0.05) is 25.0 Å². The summed E-state index contributed by atoms with van der Waals surface area (Å²) in [5, 5.41) is 23.5. The highest BCUT2D eigenvalue weighted by Crippen LogP contribution is 2.27. The van der Waals surface area contributed by atoms with Crippen LogP contribution in [-0.4, -0.2) is 41.6 Å². The van der Waals surface area contributed by atoms with E-state index in [0.29, 0.717) is 21.7 Å². The summed E-state index contributed by atoms with van der Waals surface area (Å²) < 4.78 is 2.09. The number of nitrogens with one attached hydrogen (secondary N) is 2. The van der Waals surface area contributed by atoms with Gasteiger partial charge in [0.05, 0.1) is 6.07 Å². The quantitative estimate of drug-likeness (QED) is 0.235. The predicted molar refractivity (Wildman–Crippen MR) is 161 cm³/mol. The number of carbonyl (C=O) groups is 1. The maximum Gasteiger partial charge on any atom is 0.277 e. The number of nitrogens with zero attached hydrogens (tertiary/aromatic N) is 4. The number of aromatic nitrogens is 1. The largest absolute Gasteiger partial charge is 0.355 e. The molecular formula is C32H32N6O2S. The highest BCUT2D eigenvalue weighted by atomic mass is 32.1. The van der Waals surface area contributed by atoms with Crippen molar-refractivity contribution in [2.24, 2.45) is 0 Å². The second kappa shape index (κ2) is 14.7. The van der Waals surface area contributed by atoms with Gasteiger partial charge in [-0.05, 0) is 68.5 Å². The minimum Gasteiger partial charge on any atom is -0.355 e. The Morgan fingerprint density at radius 3 is 2.61 bits per heavy atom. The number of carbonyl (C=O) groups excluding carboxylic acids is 1. The summed E-state index contributed by atoms with van der Waals surface area (Å²) in [6.45, 7) is 5.16. The van der Waals surface area contributed by atoms with Crippen molar-refractivity contribution >= 4 is 34.4 Å². The van der Waals surface area contributed by atoms with Crippen LogP contribution in [0.3, 0.4) is 0 Å². The van der Waals surface area contributed by atoms with E-state index in [1.165, 1.54) is 28.5 Å². The number of likely N-dealkylation sites (tertiary alicyclic amines) is 1. The van der Waals surface area contributed by atoms with E-state index in [4.69, 9.17) is 5.26 Å². The SMILES string of the molecule is CCn1c(=C=C(C#N)C(=O)NCC#N)sc(=C=CNc2cccc(CCN3CCC(c4ccccc4)CC3)c2)c1=O. The monoisotopic (exact) mass is 564 g/mol. The van der Waals surface area contributed by atoms with E-state index in [1.807, 2.05) is 12.1 Å².